The van der Waals surface area contributed by atoms with Gasteiger partial charge in [0.25, 0.3) is 10.1 Å². The molecule has 16 heavy (non-hydrogen) atoms. The monoisotopic (exact) mass is 308 g/mol. The molecule has 0 aromatic rings. The van der Waals surface area contributed by atoms with Gasteiger partial charge in [0.2, 0.25) is 0 Å². The molecule has 1 aliphatic rings. The molecule has 0 aromatic heterocycles. The van der Waals surface area contributed by atoms with Crippen LogP contribution in [0.1, 0.15) is 13.3 Å². The van der Waals surface area contributed by atoms with Gasteiger partial charge in [0.1, 0.15) is 0 Å². The van der Waals surface area contributed by atoms with Crippen molar-refractivity contribution in [1.29, 1.82) is 0 Å². The second kappa shape index (κ2) is 6.57. The molecule has 92 valence electrons. The van der Waals surface area contributed by atoms with Crippen molar-refractivity contribution in [3.8, 4) is 0 Å². The fourth-order valence-electron chi connectivity index (χ4n) is 1.25. The summed E-state index contributed by atoms with van der Waals surface area (Å²) < 4.78 is 28.0. The first-order valence-corrected chi connectivity index (χ1v) is 8.01. The average Bonchev–Trinajstić information content (AvgIpc) is 2.76. The van der Waals surface area contributed by atoms with Gasteiger partial charge in [-0.2, -0.15) is 8.42 Å². The molecule has 0 aliphatic heterocycles. The van der Waals surface area contributed by atoms with Gasteiger partial charge in [-0.05, 0) is 12.3 Å². The van der Waals surface area contributed by atoms with Gasteiger partial charge >= 0.3 is 0 Å². The van der Waals surface area contributed by atoms with Crippen LogP contribution in [0.4, 0.5) is 0 Å². The maximum atomic E-state index is 11.5. The van der Waals surface area contributed by atoms with Crippen molar-refractivity contribution >= 4 is 26.0 Å². The summed E-state index contributed by atoms with van der Waals surface area (Å²) in [6.45, 7) is 2.23. The summed E-state index contributed by atoms with van der Waals surface area (Å²) in [6.07, 6.45) is 8.28. The quantitative estimate of drug-likeness (QED) is 0.536. The summed E-state index contributed by atoms with van der Waals surface area (Å²) in [6, 6.07) is 0. The van der Waals surface area contributed by atoms with E-state index in [1.165, 1.54) is 0 Å². The summed E-state index contributed by atoms with van der Waals surface area (Å²) in [5, 5.41) is 0.816. The highest BCUT2D eigenvalue weighted by molar-refractivity contribution is 9.09. The summed E-state index contributed by atoms with van der Waals surface area (Å²) >= 11 is 3.32. The number of halogens is 1. The number of alkyl halides is 1. The van der Waals surface area contributed by atoms with E-state index in [1.54, 1.807) is 0 Å². The Morgan fingerprint density at radius 1 is 1.38 bits per heavy atom. The topological polar surface area (TPSA) is 43.4 Å². The van der Waals surface area contributed by atoms with Crippen LogP contribution in [-0.4, -0.2) is 26.1 Å². The van der Waals surface area contributed by atoms with Gasteiger partial charge < -0.3 is 0 Å². The second-order valence-electron chi connectivity index (χ2n) is 4.03. The van der Waals surface area contributed by atoms with Gasteiger partial charge in [0, 0.05) is 11.2 Å². The largest absolute Gasteiger partial charge is 0.269 e. The first kappa shape index (κ1) is 13.9. The molecule has 0 amide bonds. The second-order valence-corrected chi connectivity index (χ2v) is 6.43. The summed E-state index contributed by atoms with van der Waals surface area (Å²) in [5.74, 6) is 0.549. The van der Waals surface area contributed by atoms with Crippen LogP contribution < -0.4 is 0 Å². The smallest absolute Gasteiger partial charge is 0.267 e. The van der Waals surface area contributed by atoms with E-state index in [4.69, 9.17) is 4.18 Å². The van der Waals surface area contributed by atoms with Crippen LogP contribution in [0.2, 0.25) is 0 Å². The third-order valence-electron chi connectivity index (χ3n) is 2.39. The van der Waals surface area contributed by atoms with Crippen molar-refractivity contribution in [2.24, 2.45) is 11.8 Å². The molecule has 0 heterocycles. The standard InChI is InChI=1S/C11H17BrO3S/c1-10(8-12)6-7-16(13,14)15-9-11-4-2-3-5-11/h2-5,10-11H,6-9H2,1H3. The molecule has 0 bridgehead atoms. The summed E-state index contributed by atoms with van der Waals surface area (Å²) in [4.78, 5) is 0. The molecular weight excluding hydrogens is 292 g/mol. The zero-order valence-electron chi connectivity index (χ0n) is 9.30. The highest BCUT2D eigenvalue weighted by Gasteiger charge is 2.15. The molecular formula is C11H17BrO3S. The Labute approximate surface area is 106 Å². The van der Waals surface area contributed by atoms with E-state index in [2.05, 4.69) is 15.9 Å². The van der Waals surface area contributed by atoms with Crippen LogP contribution in [0, 0.1) is 11.8 Å². The van der Waals surface area contributed by atoms with Crippen molar-refractivity contribution in [1.82, 2.24) is 0 Å². The molecule has 5 heteroatoms. The molecule has 1 atom stereocenters. The highest BCUT2D eigenvalue weighted by Crippen LogP contribution is 2.13. The molecule has 0 radical (unpaired) electrons. The summed E-state index contributed by atoms with van der Waals surface area (Å²) in [5.41, 5.74) is 0. The predicted octanol–water partition coefficient (Wildman–Crippen LogP) is 2.50. The Morgan fingerprint density at radius 2 is 2.00 bits per heavy atom. The molecule has 1 unspecified atom stereocenters. The Bertz CT molecular complexity index is 347. The maximum Gasteiger partial charge on any atom is 0.267 e. The highest BCUT2D eigenvalue weighted by atomic mass is 79.9. The predicted molar refractivity (Wildman–Crippen MR) is 69.1 cm³/mol. The van der Waals surface area contributed by atoms with Crippen LogP contribution >= 0.6 is 15.9 Å². The van der Waals surface area contributed by atoms with Gasteiger partial charge in [-0.15, -0.1) is 0 Å². The number of rotatable bonds is 7. The molecule has 0 spiro atoms. The van der Waals surface area contributed by atoms with Crippen molar-refractivity contribution in [2.45, 2.75) is 13.3 Å². The SMILES string of the molecule is CC(CBr)CCS(=O)(=O)OCC1C=CC=C1. The van der Waals surface area contributed by atoms with Crippen LogP contribution in [-0.2, 0) is 14.3 Å². The molecule has 1 aliphatic carbocycles. The van der Waals surface area contributed by atoms with Crippen LogP contribution in [0.25, 0.3) is 0 Å². The Hall–Kier alpha value is -0.130. The lowest BCUT2D eigenvalue weighted by Crippen LogP contribution is -2.16. The van der Waals surface area contributed by atoms with Crippen molar-refractivity contribution < 1.29 is 12.6 Å². The molecule has 0 N–H and O–H groups in total. The van der Waals surface area contributed by atoms with Crippen molar-refractivity contribution in [2.75, 3.05) is 17.7 Å². The van der Waals surface area contributed by atoms with E-state index in [0.29, 0.717) is 12.3 Å². The van der Waals surface area contributed by atoms with E-state index < -0.39 is 10.1 Å². The summed E-state index contributed by atoms with van der Waals surface area (Å²) in [7, 11) is -3.36. The molecule has 1 rings (SSSR count). The third-order valence-corrected chi connectivity index (χ3v) is 4.73. The van der Waals surface area contributed by atoms with E-state index >= 15 is 0 Å². The molecule has 0 saturated heterocycles. The lowest BCUT2D eigenvalue weighted by atomic mass is 10.2. The van der Waals surface area contributed by atoms with Gasteiger partial charge in [-0.1, -0.05) is 47.2 Å². The number of hydrogen-bond donors (Lipinski definition) is 0. The normalized spacial score (nSPS) is 18.1. The van der Waals surface area contributed by atoms with Crippen LogP contribution in [0.15, 0.2) is 24.3 Å². The zero-order chi connectivity index (χ0) is 12.0. The lowest BCUT2D eigenvalue weighted by molar-refractivity contribution is 0.299. The minimum absolute atomic E-state index is 0.0971. The minimum Gasteiger partial charge on any atom is -0.269 e. The number of hydrogen-bond acceptors (Lipinski definition) is 3. The third kappa shape index (κ3) is 5.27. The van der Waals surface area contributed by atoms with E-state index in [1.807, 2.05) is 31.2 Å². The minimum atomic E-state index is -3.36. The molecule has 0 saturated carbocycles. The van der Waals surface area contributed by atoms with E-state index in [-0.39, 0.29) is 18.3 Å². The van der Waals surface area contributed by atoms with E-state index in [0.717, 1.165) is 5.33 Å². The first-order chi connectivity index (χ1) is 7.53. The van der Waals surface area contributed by atoms with Gasteiger partial charge in [0.05, 0.1) is 12.4 Å². The fraction of sp³-hybridized carbons (Fsp3) is 0.636. The maximum absolute atomic E-state index is 11.5. The average molecular weight is 309 g/mol. The molecule has 3 nitrogen and oxygen atoms in total. The fourth-order valence-corrected chi connectivity index (χ4v) is 2.75. The zero-order valence-corrected chi connectivity index (χ0v) is 11.7. The van der Waals surface area contributed by atoms with Gasteiger partial charge in [-0.3, -0.25) is 4.18 Å². The van der Waals surface area contributed by atoms with Crippen molar-refractivity contribution in [3.63, 3.8) is 0 Å². The molecule has 0 aromatic carbocycles. The Morgan fingerprint density at radius 3 is 2.56 bits per heavy atom. The van der Waals surface area contributed by atoms with E-state index in [9.17, 15) is 8.42 Å². The number of allylic oxidation sites excluding steroid dienone is 2. The molecule has 0 fully saturated rings. The van der Waals surface area contributed by atoms with Crippen LogP contribution in [0.5, 0.6) is 0 Å². The van der Waals surface area contributed by atoms with Crippen LogP contribution in [0.3, 0.4) is 0 Å². The Balaban J connectivity index is 2.28. The first-order valence-electron chi connectivity index (χ1n) is 5.31. The Kier molecular flexibility index (Phi) is 5.72. The van der Waals surface area contributed by atoms with Gasteiger partial charge in [0.15, 0.2) is 0 Å². The lowest BCUT2D eigenvalue weighted by Gasteiger charge is -2.10. The van der Waals surface area contributed by atoms with Gasteiger partial charge in [-0.25, -0.2) is 0 Å². The van der Waals surface area contributed by atoms with Crippen molar-refractivity contribution in [3.05, 3.63) is 24.3 Å².